The van der Waals surface area contributed by atoms with Crippen LogP contribution in [0.2, 0.25) is 0 Å². The minimum atomic E-state index is -0.792. The standard InChI is InChI=1S/C11H20O3/c1-12-11(13-2,14-3)10-7-8-4-5-9(10)6-8/h8-10H,4-7H2,1-3H3. The highest BCUT2D eigenvalue weighted by Crippen LogP contribution is 2.53. The Bertz CT molecular complexity index is 192. The van der Waals surface area contributed by atoms with Crippen LogP contribution in [0.5, 0.6) is 0 Å². The van der Waals surface area contributed by atoms with E-state index < -0.39 is 5.97 Å². The lowest BCUT2D eigenvalue weighted by Gasteiger charge is -2.38. The van der Waals surface area contributed by atoms with Gasteiger partial charge < -0.3 is 14.2 Å². The number of hydrogen-bond donors (Lipinski definition) is 0. The summed E-state index contributed by atoms with van der Waals surface area (Å²) in [6, 6.07) is 0. The normalized spacial score (nSPS) is 36.6. The van der Waals surface area contributed by atoms with E-state index in [0.717, 1.165) is 11.8 Å². The van der Waals surface area contributed by atoms with Crippen molar-refractivity contribution in [3.63, 3.8) is 0 Å². The number of fused-ring (bicyclic) bond motifs is 2. The van der Waals surface area contributed by atoms with Crippen LogP contribution in [0.25, 0.3) is 0 Å². The molecule has 2 rings (SSSR count). The van der Waals surface area contributed by atoms with Crippen LogP contribution in [0.15, 0.2) is 0 Å². The summed E-state index contributed by atoms with van der Waals surface area (Å²) in [5.41, 5.74) is 0. The van der Waals surface area contributed by atoms with Gasteiger partial charge in [-0.3, -0.25) is 0 Å². The third-order valence-corrected chi connectivity index (χ3v) is 4.05. The van der Waals surface area contributed by atoms with Crippen molar-refractivity contribution >= 4 is 0 Å². The Balaban J connectivity index is 2.12. The molecule has 0 N–H and O–H groups in total. The van der Waals surface area contributed by atoms with E-state index in [9.17, 15) is 0 Å². The van der Waals surface area contributed by atoms with Crippen LogP contribution >= 0.6 is 0 Å². The average Bonchev–Trinajstić information content (AvgIpc) is 2.83. The van der Waals surface area contributed by atoms with Crippen LogP contribution < -0.4 is 0 Å². The van der Waals surface area contributed by atoms with Gasteiger partial charge in [-0.15, -0.1) is 0 Å². The smallest absolute Gasteiger partial charge is 0.285 e. The molecule has 0 spiro atoms. The van der Waals surface area contributed by atoms with Gasteiger partial charge in [0.2, 0.25) is 0 Å². The first kappa shape index (κ1) is 10.4. The Morgan fingerprint density at radius 1 is 0.929 bits per heavy atom. The Morgan fingerprint density at radius 2 is 1.57 bits per heavy atom. The number of hydrogen-bond acceptors (Lipinski definition) is 3. The molecule has 0 amide bonds. The summed E-state index contributed by atoms with van der Waals surface area (Å²) in [5, 5.41) is 0. The lowest BCUT2D eigenvalue weighted by Crippen LogP contribution is -2.46. The maximum absolute atomic E-state index is 5.43. The van der Waals surface area contributed by atoms with Crippen molar-refractivity contribution in [2.75, 3.05) is 21.3 Å². The molecule has 0 aliphatic heterocycles. The van der Waals surface area contributed by atoms with Crippen LogP contribution in [0.4, 0.5) is 0 Å². The third kappa shape index (κ3) is 1.38. The number of methoxy groups -OCH3 is 3. The van der Waals surface area contributed by atoms with Gasteiger partial charge in [-0.1, -0.05) is 6.42 Å². The highest BCUT2D eigenvalue weighted by Gasteiger charge is 2.52. The van der Waals surface area contributed by atoms with Crippen molar-refractivity contribution < 1.29 is 14.2 Å². The van der Waals surface area contributed by atoms with Crippen LogP contribution in [0.3, 0.4) is 0 Å². The Hall–Kier alpha value is -0.120. The van der Waals surface area contributed by atoms with Crippen molar-refractivity contribution in [2.24, 2.45) is 17.8 Å². The lowest BCUT2D eigenvalue weighted by atomic mass is 9.86. The fraction of sp³-hybridized carbons (Fsp3) is 1.00. The van der Waals surface area contributed by atoms with E-state index in [2.05, 4.69) is 0 Å². The fourth-order valence-electron chi connectivity index (χ4n) is 3.38. The molecule has 3 atom stereocenters. The van der Waals surface area contributed by atoms with Gasteiger partial charge >= 0.3 is 0 Å². The molecule has 0 radical (unpaired) electrons. The monoisotopic (exact) mass is 200 g/mol. The first-order valence-corrected chi connectivity index (χ1v) is 5.41. The SMILES string of the molecule is COC(OC)(OC)C1CC2CCC1C2. The Kier molecular flexibility index (Phi) is 2.82. The average molecular weight is 200 g/mol. The van der Waals surface area contributed by atoms with Crippen LogP contribution in [0.1, 0.15) is 25.7 Å². The molecule has 3 nitrogen and oxygen atoms in total. The summed E-state index contributed by atoms with van der Waals surface area (Å²) in [6.45, 7) is 0. The molecular formula is C11H20O3. The second-order valence-corrected chi connectivity index (χ2v) is 4.50. The van der Waals surface area contributed by atoms with Crippen molar-refractivity contribution in [1.82, 2.24) is 0 Å². The summed E-state index contributed by atoms with van der Waals surface area (Å²) < 4.78 is 16.3. The van der Waals surface area contributed by atoms with Crippen LogP contribution in [0, 0.1) is 17.8 Å². The molecule has 2 aliphatic carbocycles. The number of rotatable bonds is 4. The van der Waals surface area contributed by atoms with Gasteiger partial charge in [0, 0.05) is 27.2 Å². The van der Waals surface area contributed by atoms with E-state index >= 15 is 0 Å². The molecular weight excluding hydrogens is 180 g/mol. The van der Waals surface area contributed by atoms with Gasteiger partial charge in [0.1, 0.15) is 0 Å². The van der Waals surface area contributed by atoms with E-state index in [1.807, 2.05) is 0 Å². The molecule has 0 heterocycles. The van der Waals surface area contributed by atoms with Crippen molar-refractivity contribution in [1.29, 1.82) is 0 Å². The van der Waals surface area contributed by atoms with Gasteiger partial charge in [-0.05, 0) is 31.1 Å². The van der Waals surface area contributed by atoms with Gasteiger partial charge in [0.25, 0.3) is 5.97 Å². The second kappa shape index (κ2) is 3.80. The van der Waals surface area contributed by atoms with Crippen LogP contribution in [-0.4, -0.2) is 27.3 Å². The number of ether oxygens (including phenoxy) is 3. The largest absolute Gasteiger partial charge is 0.331 e. The summed E-state index contributed by atoms with van der Waals surface area (Å²) >= 11 is 0. The highest BCUT2D eigenvalue weighted by molar-refractivity contribution is 4.93. The Labute approximate surface area is 85.7 Å². The zero-order valence-electron chi connectivity index (χ0n) is 9.29. The zero-order valence-corrected chi connectivity index (χ0v) is 9.29. The van der Waals surface area contributed by atoms with E-state index in [1.54, 1.807) is 21.3 Å². The molecule has 0 aromatic rings. The van der Waals surface area contributed by atoms with Gasteiger partial charge in [-0.2, -0.15) is 0 Å². The summed E-state index contributed by atoms with van der Waals surface area (Å²) in [6.07, 6.45) is 5.23. The van der Waals surface area contributed by atoms with E-state index in [1.165, 1.54) is 25.7 Å². The van der Waals surface area contributed by atoms with E-state index in [-0.39, 0.29) is 0 Å². The van der Waals surface area contributed by atoms with Gasteiger partial charge in [-0.25, -0.2) is 0 Å². The molecule has 3 heteroatoms. The molecule has 14 heavy (non-hydrogen) atoms. The first-order valence-electron chi connectivity index (χ1n) is 5.41. The van der Waals surface area contributed by atoms with Gasteiger partial charge in [0.15, 0.2) is 0 Å². The molecule has 0 aromatic heterocycles. The fourth-order valence-corrected chi connectivity index (χ4v) is 3.38. The molecule has 82 valence electrons. The van der Waals surface area contributed by atoms with Crippen LogP contribution in [-0.2, 0) is 14.2 Å². The minimum Gasteiger partial charge on any atom is -0.331 e. The Morgan fingerprint density at radius 3 is 1.93 bits per heavy atom. The van der Waals surface area contributed by atoms with E-state index in [0.29, 0.717) is 5.92 Å². The zero-order chi connectivity index (χ0) is 10.2. The van der Waals surface area contributed by atoms with Crippen molar-refractivity contribution in [3.05, 3.63) is 0 Å². The van der Waals surface area contributed by atoms with Crippen molar-refractivity contribution in [2.45, 2.75) is 31.7 Å². The maximum atomic E-state index is 5.43. The topological polar surface area (TPSA) is 27.7 Å². The molecule has 3 unspecified atom stereocenters. The second-order valence-electron chi connectivity index (χ2n) is 4.50. The quantitative estimate of drug-likeness (QED) is 0.650. The summed E-state index contributed by atoms with van der Waals surface area (Å²) in [5.74, 6) is 1.24. The van der Waals surface area contributed by atoms with Crippen molar-refractivity contribution in [3.8, 4) is 0 Å². The molecule has 2 saturated carbocycles. The minimum absolute atomic E-state index is 0.418. The molecule has 0 saturated heterocycles. The highest BCUT2D eigenvalue weighted by atomic mass is 16.9. The predicted octanol–water partition coefficient (Wildman–Crippen LogP) is 2.02. The molecule has 0 aromatic carbocycles. The third-order valence-electron chi connectivity index (χ3n) is 4.05. The van der Waals surface area contributed by atoms with E-state index in [4.69, 9.17) is 14.2 Å². The molecule has 2 aliphatic rings. The summed E-state index contributed by atoms with van der Waals surface area (Å²) in [7, 11) is 5.00. The predicted molar refractivity (Wildman–Crippen MR) is 52.7 cm³/mol. The molecule has 2 fully saturated rings. The van der Waals surface area contributed by atoms with Gasteiger partial charge in [0.05, 0.1) is 0 Å². The maximum Gasteiger partial charge on any atom is 0.285 e. The first-order chi connectivity index (χ1) is 6.75. The lowest BCUT2D eigenvalue weighted by molar-refractivity contribution is -0.384. The molecule has 2 bridgehead atoms. The summed E-state index contributed by atoms with van der Waals surface area (Å²) in [4.78, 5) is 0.